The third-order valence-corrected chi connectivity index (χ3v) is 2.65. The molecule has 0 aliphatic carbocycles. The summed E-state index contributed by atoms with van der Waals surface area (Å²) < 4.78 is 6.99. The Labute approximate surface area is 117 Å². The van der Waals surface area contributed by atoms with Gasteiger partial charge >= 0.3 is 5.97 Å². The van der Waals surface area contributed by atoms with Gasteiger partial charge in [-0.2, -0.15) is 0 Å². The molecule has 1 heterocycles. The molecule has 1 aromatic rings. The Bertz CT molecular complexity index is 466. The summed E-state index contributed by atoms with van der Waals surface area (Å²) in [6.07, 6.45) is 4.29. The first-order valence-electron chi connectivity index (χ1n) is 6.65. The standard InChI is InChI=1S/C12H20N6O2/c1-3-7-18-9-14-8-10(18)11(12(19)20-4-2)15-5-6-16-17-13/h8-9,11,15H,3-7H2,1-2H3. The third kappa shape index (κ3) is 4.56. The van der Waals surface area contributed by atoms with Gasteiger partial charge in [-0.05, 0) is 18.9 Å². The third-order valence-electron chi connectivity index (χ3n) is 2.65. The average Bonchev–Trinajstić information content (AvgIpc) is 2.87. The Balaban J connectivity index is 2.82. The van der Waals surface area contributed by atoms with Gasteiger partial charge in [-0.3, -0.25) is 5.32 Å². The van der Waals surface area contributed by atoms with Crippen molar-refractivity contribution in [3.05, 3.63) is 28.7 Å². The lowest BCUT2D eigenvalue weighted by atomic mass is 10.2. The molecule has 0 aromatic carbocycles. The van der Waals surface area contributed by atoms with E-state index in [-0.39, 0.29) is 12.5 Å². The van der Waals surface area contributed by atoms with E-state index in [1.165, 1.54) is 0 Å². The summed E-state index contributed by atoms with van der Waals surface area (Å²) in [5, 5.41) is 6.47. The molecule has 0 aliphatic rings. The quantitative estimate of drug-likeness (QED) is 0.245. The summed E-state index contributed by atoms with van der Waals surface area (Å²) in [4.78, 5) is 18.8. The summed E-state index contributed by atoms with van der Waals surface area (Å²) in [5.74, 6) is -0.355. The Morgan fingerprint density at radius 1 is 1.65 bits per heavy atom. The average molecular weight is 280 g/mol. The number of aryl methyl sites for hydroxylation is 1. The molecule has 0 radical (unpaired) electrons. The van der Waals surface area contributed by atoms with Crippen LogP contribution in [0.25, 0.3) is 10.4 Å². The number of hydrogen-bond donors (Lipinski definition) is 1. The Kier molecular flexibility index (Phi) is 7.16. The van der Waals surface area contributed by atoms with Crippen LogP contribution in [0.4, 0.5) is 0 Å². The number of ether oxygens (including phenoxy) is 1. The van der Waals surface area contributed by atoms with Crippen molar-refractivity contribution in [2.24, 2.45) is 5.11 Å². The van der Waals surface area contributed by atoms with Crippen LogP contribution in [0, 0.1) is 0 Å². The molecule has 1 aromatic heterocycles. The molecule has 8 heteroatoms. The first kappa shape index (κ1) is 16.0. The number of carbonyl (C=O) groups excluding carboxylic acids is 1. The fraction of sp³-hybridized carbons (Fsp3) is 0.667. The second kappa shape index (κ2) is 8.95. The van der Waals surface area contributed by atoms with E-state index in [0.717, 1.165) is 18.7 Å². The summed E-state index contributed by atoms with van der Waals surface area (Å²) in [5.41, 5.74) is 9.00. The molecule has 0 saturated carbocycles. The zero-order valence-electron chi connectivity index (χ0n) is 11.8. The van der Waals surface area contributed by atoms with Gasteiger partial charge in [0.05, 0.1) is 24.8 Å². The lowest BCUT2D eigenvalue weighted by Gasteiger charge is -2.18. The van der Waals surface area contributed by atoms with E-state index in [1.807, 2.05) is 4.57 Å². The molecule has 0 amide bonds. The highest BCUT2D eigenvalue weighted by atomic mass is 16.5. The fourth-order valence-electron chi connectivity index (χ4n) is 1.84. The van der Waals surface area contributed by atoms with Crippen LogP contribution in [0.3, 0.4) is 0 Å². The minimum absolute atomic E-state index is 0.272. The highest BCUT2D eigenvalue weighted by molar-refractivity contribution is 5.77. The van der Waals surface area contributed by atoms with E-state index in [0.29, 0.717) is 13.2 Å². The highest BCUT2D eigenvalue weighted by Gasteiger charge is 2.24. The second-order valence-corrected chi connectivity index (χ2v) is 4.11. The number of esters is 1. The molecule has 8 nitrogen and oxygen atoms in total. The largest absolute Gasteiger partial charge is 0.465 e. The van der Waals surface area contributed by atoms with Gasteiger partial charge in [0.1, 0.15) is 6.04 Å². The molecular weight excluding hydrogens is 260 g/mol. The van der Waals surface area contributed by atoms with Crippen molar-refractivity contribution in [2.75, 3.05) is 19.7 Å². The number of rotatable bonds is 9. The molecule has 0 spiro atoms. The number of aromatic nitrogens is 2. The van der Waals surface area contributed by atoms with Crippen molar-refractivity contribution < 1.29 is 9.53 Å². The highest BCUT2D eigenvalue weighted by Crippen LogP contribution is 2.15. The Morgan fingerprint density at radius 2 is 2.45 bits per heavy atom. The van der Waals surface area contributed by atoms with Crippen molar-refractivity contribution in [1.82, 2.24) is 14.9 Å². The van der Waals surface area contributed by atoms with Gasteiger partial charge in [-0.15, -0.1) is 0 Å². The van der Waals surface area contributed by atoms with Crippen LogP contribution >= 0.6 is 0 Å². The van der Waals surface area contributed by atoms with E-state index in [2.05, 4.69) is 27.3 Å². The number of hydrogen-bond acceptors (Lipinski definition) is 5. The van der Waals surface area contributed by atoms with Crippen molar-refractivity contribution in [2.45, 2.75) is 32.9 Å². The molecule has 20 heavy (non-hydrogen) atoms. The molecule has 1 atom stereocenters. The van der Waals surface area contributed by atoms with Gasteiger partial charge in [0.25, 0.3) is 0 Å². The summed E-state index contributed by atoms with van der Waals surface area (Å²) in [7, 11) is 0. The summed E-state index contributed by atoms with van der Waals surface area (Å²) >= 11 is 0. The molecule has 1 rings (SSSR count). The molecule has 0 bridgehead atoms. The number of carbonyl (C=O) groups is 1. The predicted octanol–water partition coefficient (Wildman–Crippen LogP) is 1.80. The summed E-state index contributed by atoms with van der Waals surface area (Å²) in [6.45, 7) is 5.58. The van der Waals surface area contributed by atoms with E-state index in [9.17, 15) is 4.79 Å². The number of imidazole rings is 1. The van der Waals surface area contributed by atoms with Crippen molar-refractivity contribution in [3.63, 3.8) is 0 Å². The summed E-state index contributed by atoms with van der Waals surface area (Å²) in [6, 6.07) is -0.599. The van der Waals surface area contributed by atoms with Crippen LogP contribution in [0.15, 0.2) is 17.6 Å². The van der Waals surface area contributed by atoms with E-state index < -0.39 is 6.04 Å². The topological polar surface area (TPSA) is 105 Å². The second-order valence-electron chi connectivity index (χ2n) is 4.11. The zero-order chi connectivity index (χ0) is 14.8. The van der Waals surface area contributed by atoms with Crippen molar-refractivity contribution in [3.8, 4) is 0 Å². The monoisotopic (exact) mass is 280 g/mol. The Hall–Kier alpha value is -2.05. The van der Waals surface area contributed by atoms with Gasteiger partial charge in [0, 0.05) is 24.5 Å². The molecule has 0 saturated heterocycles. The van der Waals surface area contributed by atoms with Crippen molar-refractivity contribution in [1.29, 1.82) is 0 Å². The van der Waals surface area contributed by atoms with Gasteiger partial charge in [-0.1, -0.05) is 12.0 Å². The molecule has 1 N–H and O–H groups in total. The van der Waals surface area contributed by atoms with Crippen LogP contribution in [0.1, 0.15) is 32.0 Å². The fourth-order valence-corrected chi connectivity index (χ4v) is 1.84. The smallest absolute Gasteiger partial charge is 0.329 e. The minimum atomic E-state index is -0.599. The molecule has 0 aliphatic heterocycles. The number of azide groups is 1. The van der Waals surface area contributed by atoms with E-state index in [4.69, 9.17) is 10.3 Å². The number of nitrogens with zero attached hydrogens (tertiary/aromatic N) is 5. The normalized spacial score (nSPS) is 11.7. The van der Waals surface area contributed by atoms with Gasteiger partial charge in [0.2, 0.25) is 0 Å². The van der Waals surface area contributed by atoms with Crippen LogP contribution in [0.5, 0.6) is 0 Å². The van der Waals surface area contributed by atoms with Crippen LogP contribution in [0.2, 0.25) is 0 Å². The van der Waals surface area contributed by atoms with Crippen LogP contribution in [-0.2, 0) is 16.1 Å². The van der Waals surface area contributed by atoms with Gasteiger partial charge in [0.15, 0.2) is 0 Å². The number of nitrogens with one attached hydrogen (secondary N) is 1. The maximum atomic E-state index is 12.0. The molecular formula is C12H20N6O2. The molecule has 0 fully saturated rings. The zero-order valence-corrected chi connectivity index (χ0v) is 11.8. The van der Waals surface area contributed by atoms with Gasteiger partial charge in [-0.25, -0.2) is 9.78 Å². The Morgan fingerprint density at radius 3 is 3.10 bits per heavy atom. The maximum absolute atomic E-state index is 12.0. The van der Waals surface area contributed by atoms with E-state index in [1.54, 1.807) is 19.4 Å². The lowest BCUT2D eigenvalue weighted by molar-refractivity contribution is -0.146. The predicted molar refractivity (Wildman–Crippen MR) is 73.9 cm³/mol. The van der Waals surface area contributed by atoms with Crippen LogP contribution in [-0.4, -0.2) is 35.2 Å². The minimum Gasteiger partial charge on any atom is -0.465 e. The first-order valence-corrected chi connectivity index (χ1v) is 6.65. The molecule has 1 unspecified atom stereocenters. The maximum Gasteiger partial charge on any atom is 0.329 e. The van der Waals surface area contributed by atoms with E-state index >= 15 is 0 Å². The molecule has 110 valence electrons. The van der Waals surface area contributed by atoms with Crippen LogP contribution < -0.4 is 5.32 Å². The lowest BCUT2D eigenvalue weighted by Crippen LogP contribution is -2.33. The first-order chi connectivity index (χ1) is 9.74. The van der Waals surface area contributed by atoms with Gasteiger partial charge < -0.3 is 9.30 Å². The SMILES string of the molecule is CCCn1cncc1C(NCCN=[N+]=[N-])C(=O)OCC. The van der Waals surface area contributed by atoms with Crippen molar-refractivity contribution >= 4 is 5.97 Å².